The molecule has 2 aromatic carbocycles. The van der Waals surface area contributed by atoms with Crippen LogP contribution >= 0.6 is 11.6 Å². The summed E-state index contributed by atoms with van der Waals surface area (Å²) in [6.07, 6.45) is 2.12. The summed E-state index contributed by atoms with van der Waals surface area (Å²) in [5.41, 5.74) is 2.11. The standard InChI is InChI=1S/C25H22ClN5O3/c1-30(14-23-27-19-6-3-2-5-18(19)25(33)28-23)15-24(32)31-21(22-7-4-12-34-22)13-20(29-31)16-8-10-17(26)11-9-16/h2-12,21H,13-15H2,1H3,(H,27,28,33). The maximum absolute atomic E-state index is 13.3. The highest BCUT2D eigenvalue weighted by molar-refractivity contribution is 6.30. The molecule has 2 aromatic heterocycles. The van der Waals surface area contributed by atoms with Crippen LogP contribution in [0.3, 0.4) is 0 Å². The van der Waals surface area contributed by atoms with Gasteiger partial charge < -0.3 is 9.40 Å². The lowest BCUT2D eigenvalue weighted by Crippen LogP contribution is -2.36. The fourth-order valence-electron chi connectivity index (χ4n) is 4.08. The summed E-state index contributed by atoms with van der Waals surface area (Å²) in [4.78, 5) is 34.8. The van der Waals surface area contributed by atoms with Gasteiger partial charge in [0.15, 0.2) is 0 Å². The van der Waals surface area contributed by atoms with Crippen molar-refractivity contribution in [3.05, 3.63) is 99.5 Å². The van der Waals surface area contributed by atoms with E-state index < -0.39 is 0 Å². The molecule has 0 radical (unpaired) electrons. The number of nitrogens with zero attached hydrogens (tertiary/aromatic N) is 4. The molecule has 1 aliphatic rings. The van der Waals surface area contributed by atoms with E-state index in [9.17, 15) is 9.59 Å². The van der Waals surface area contributed by atoms with E-state index in [-0.39, 0.29) is 24.1 Å². The molecular weight excluding hydrogens is 454 g/mol. The first kappa shape index (κ1) is 22.1. The smallest absolute Gasteiger partial charge is 0.258 e. The number of likely N-dealkylation sites (N-methyl/N-ethyl adjacent to an activating group) is 1. The van der Waals surface area contributed by atoms with Crippen LogP contribution < -0.4 is 5.56 Å². The van der Waals surface area contributed by atoms with E-state index in [4.69, 9.17) is 16.0 Å². The molecule has 0 aliphatic carbocycles. The molecule has 9 heteroatoms. The largest absolute Gasteiger partial charge is 0.467 e. The maximum atomic E-state index is 13.3. The summed E-state index contributed by atoms with van der Waals surface area (Å²) in [5.74, 6) is 0.980. The predicted octanol–water partition coefficient (Wildman–Crippen LogP) is 3.98. The van der Waals surface area contributed by atoms with Crippen LogP contribution in [0.25, 0.3) is 10.9 Å². The molecule has 3 heterocycles. The van der Waals surface area contributed by atoms with Crippen molar-refractivity contribution in [2.75, 3.05) is 13.6 Å². The number of para-hydroxylation sites is 1. The third-order valence-electron chi connectivity index (χ3n) is 5.70. The number of halogens is 1. The number of aromatic amines is 1. The third kappa shape index (κ3) is 4.50. The number of benzene rings is 2. The lowest BCUT2D eigenvalue weighted by atomic mass is 10.0. The number of hydrogen-bond donors (Lipinski definition) is 1. The Labute approximate surface area is 200 Å². The quantitative estimate of drug-likeness (QED) is 0.455. The molecule has 0 fully saturated rings. The highest BCUT2D eigenvalue weighted by Crippen LogP contribution is 2.33. The molecule has 172 valence electrons. The minimum Gasteiger partial charge on any atom is -0.467 e. The molecule has 1 unspecified atom stereocenters. The van der Waals surface area contributed by atoms with Crippen LogP contribution in [0.1, 0.15) is 29.6 Å². The van der Waals surface area contributed by atoms with Crippen LogP contribution in [0.15, 0.2) is 81.2 Å². The zero-order valence-electron chi connectivity index (χ0n) is 18.4. The molecule has 4 aromatic rings. The molecule has 1 amide bonds. The van der Waals surface area contributed by atoms with Gasteiger partial charge in [0.1, 0.15) is 17.6 Å². The molecule has 0 saturated heterocycles. The molecule has 0 saturated carbocycles. The number of amides is 1. The van der Waals surface area contributed by atoms with Gasteiger partial charge >= 0.3 is 0 Å². The number of carbonyl (C=O) groups excluding carboxylic acids is 1. The maximum Gasteiger partial charge on any atom is 0.258 e. The summed E-state index contributed by atoms with van der Waals surface area (Å²) in [6, 6.07) is 17.9. The van der Waals surface area contributed by atoms with Crippen molar-refractivity contribution in [3.63, 3.8) is 0 Å². The first-order valence-electron chi connectivity index (χ1n) is 10.8. The second-order valence-corrected chi connectivity index (χ2v) is 8.67. The van der Waals surface area contributed by atoms with Gasteiger partial charge in [-0.25, -0.2) is 9.99 Å². The van der Waals surface area contributed by atoms with Crippen LogP contribution in [0.4, 0.5) is 0 Å². The van der Waals surface area contributed by atoms with Crippen molar-refractivity contribution in [3.8, 4) is 0 Å². The van der Waals surface area contributed by atoms with Crippen molar-refractivity contribution < 1.29 is 9.21 Å². The van der Waals surface area contributed by atoms with Crippen molar-refractivity contribution in [1.29, 1.82) is 0 Å². The first-order chi connectivity index (χ1) is 16.5. The van der Waals surface area contributed by atoms with E-state index in [0.717, 1.165) is 11.3 Å². The third-order valence-corrected chi connectivity index (χ3v) is 5.95. The summed E-state index contributed by atoms with van der Waals surface area (Å²) in [7, 11) is 1.80. The molecule has 1 atom stereocenters. The van der Waals surface area contributed by atoms with E-state index in [1.807, 2.05) is 24.3 Å². The fraction of sp³-hybridized carbons (Fsp3) is 0.200. The van der Waals surface area contributed by atoms with Crippen LogP contribution in [0, 0.1) is 0 Å². The average molecular weight is 476 g/mol. The summed E-state index contributed by atoms with van der Waals surface area (Å²) < 4.78 is 5.60. The molecular formula is C25H22ClN5O3. The van der Waals surface area contributed by atoms with Gasteiger partial charge in [-0.3, -0.25) is 14.5 Å². The molecule has 1 aliphatic heterocycles. The average Bonchev–Trinajstić information content (AvgIpc) is 3.50. The van der Waals surface area contributed by atoms with Crippen molar-refractivity contribution >= 4 is 34.1 Å². The van der Waals surface area contributed by atoms with Crippen molar-refractivity contribution in [2.24, 2.45) is 5.10 Å². The highest BCUT2D eigenvalue weighted by Gasteiger charge is 2.35. The van der Waals surface area contributed by atoms with Gasteiger partial charge in [-0.15, -0.1) is 0 Å². The number of nitrogens with one attached hydrogen (secondary N) is 1. The van der Waals surface area contributed by atoms with Crippen LogP contribution in [-0.4, -0.2) is 45.1 Å². The number of aromatic nitrogens is 2. The Morgan fingerprint density at radius 1 is 1.18 bits per heavy atom. The van der Waals surface area contributed by atoms with E-state index >= 15 is 0 Å². The number of H-pyrrole nitrogens is 1. The van der Waals surface area contributed by atoms with E-state index in [1.165, 1.54) is 5.01 Å². The SMILES string of the molecule is CN(CC(=O)N1N=C(c2ccc(Cl)cc2)CC1c1ccco1)Cc1nc2ccccc2c(=O)[nH]1. The Hall–Kier alpha value is -3.75. The van der Waals surface area contributed by atoms with Gasteiger partial charge in [-0.05, 0) is 49.0 Å². The summed E-state index contributed by atoms with van der Waals surface area (Å²) in [5, 5.41) is 7.29. The lowest BCUT2D eigenvalue weighted by molar-refractivity contribution is -0.134. The first-order valence-corrected chi connectivity index (χ1v) is 11.2. The molecule has 0 spiro atoms. The fourth-order valence-corrected chi connectivity index (χ4v) is 4.21. The van der Waals surface area contributed by atoms with E-state index in [2.05, 4.69) is 15.1 Å². The number of rotatable bonds is 6. The Bertz CT molecular complexity index is 1410. The number of furan rings is 1. The summed E-state index contributed by atoms with van der Waals surface area (Å²) in [6.45, 7) is 0.393. The second-order valence-electron chi connectivity index (χ2n) is 8.23. The van der Waals surface area contributed by atoms with Gasteiger partial charge in [-0.1, -0.05) is 35.9 Å². The second kappa shape index (κ2) is 9.24. The molecule has 0 bridgehead atoms. The van der Waals surface area contributed by atoms with Crippen LogP contribution in [0.2, 0.25) is 5.02 Å². The van der Waals surface area contributed by atoms with Crippen molar-refractivity contribution in [2.45, 2.75) is 19.0 Å². The van der Waals surface area contributed by atoms with E-state index in [1.54, 1.807) is 54.6 Å². The number of carbonyl (C=O) groups is 1. The number of hydrogen-bond acceptors (Lipinski definition) is 6. The molecule has 5 rings (SSSR count). The summed E-state index contributed by atoms with van der Waals surface area (Å²) >= 11 is 6.02. The zero-order chi connectivity index (χ0) is 23.7. The number of hydrazone groups is 1. The minimum absolute atomic E-state index is 0.0884. The Morgan fingerprint density at radius 3 is 2.74 bits per heavy atom. The lowest BCUT2D eigenvalue weighted by Gasteiger charge is -2.23. The topological polar surface area (TPSA) is 94.8 Å². The highest BCUT2D eigenvalue weighted by atomic mass is 35.5. The predicted molar refractivity (Wildman–Crippen MR) is 130 cm³/mol. The van der Waals surface area contributed by atoms with Crippen molar-refractivity contribution in [1.82, 2.24) is 19.9 Å². The van der Waals surface area contributed by atoms with Gasteiger partial charge in [0, 0.05) is 11.4 Å². The van der Waals surface area contributed by atoms with Crippen LogP contribution in [0.5, 0.6) is 0 Å². The normalized spacial score (nSPS) is 15.8. The Kier molecular flexibility index (Phi) is 6.00. The Morgan fingerprint density at radius 2 is 1.97 bits per heavy atom. The van der Waals surface area contributed by atoms with Gasteiger partial charge in [0.05, 0.1) is 36.0 Å². The molecule has 34 heavy (non-hydrogen) atoms. The monoisotopic (exact) mass is 475 g/mol. The number of fused-ring (bicyclic) bond motifs is 1. The Balaban J connectivity index is 1.35. The van der Waals surface area contributed by atoms with E-state index in [0.29, 0.717) is 40.5 Å². The molecule has 1 N–H and O–H groups in total. The zero-order valence-corrected chi connectivity index (χ0v) is 19.2. The minimum atomic E-state index is -0.333. The van der Waals surface area contributed by atoms with Gasteiger partial charge in [0.2, 0.25) is 0 Å². The van der Waals surface area contributed by atoms with Gasteiger partial charge in [0.25, 0.3) is 11.5 Å². The van der Waals surface area contributed by atoms with Crippen LogP contribution in [-0.2, 0) is 11.3 Å². The molecule has 8 nitrogen and oxygen atoms in total. The van der Waals surface area contributed by atoms with Gasteiger partial charge in [-0.2, -0.15) is 5.10 Å².